The molecule has 1 heterocycles. The Morgan fingerprint density at radius 3 is 2.80 bits per heavy atom. The molecule has 4 N–H and O–H groups in total. The summed E-state index contributed by atoms with van der Waals surface area (Å²) in [6.07, 6.45) is 3.73. The molecule has 0 unspecified atom stereocenters. The lowest BCUT2D eigenvalue weighted by atomic mass is 10.1. The highest BCUT2D eigenvalue weighted by molar-refractivity contribution is 5.81. The van der Waals surface area contributed by atoms with Crippen molar-refractivity contribution >= 4 is 5.91 Å². The Labute approximate surface area is 116 Å². The number of carbonyl (C=O) groups is 1. The Bertz CT molecular complexity index is 538. The molecule has 20 heavy (non-hydrogen) atoms. The molecule has 0 saturated heterocycles. The van der Waals surface area contributed by atoms with E-state index in [0.29, 0.717) is 19.5 Å². The monoisotopic (exact) mass is 275 g/mol. The first kappa shape index (κ1) is 14.0. The third kappa shape index (κ3) is 4.06. The van der Waals surface area contributed by atoms with Gasteiger partial charge in [0.2, 0.25) is 5.91 Å². The van der Waals surface area contributed by atoms with E-state index >= 15 is 0 Å². The molecule has 1 amide bonds. The van der Waals surface area contributed by atoms with Crippen LogP contribution < -0.4 is 11.1 Å². The zero-order valence-electron chi connectivity index (χ0n) is 10.9. The van der Waals surface area contributed by atoms with Crippen molar-refractivity contribution in [1.82, 2.24) is 20.3 Å². The molecule has 7 nitrogen and oxygen atoms in total. The Morgan fingerprint density at radius 1 is 1.40 bits per heavy atom. The van der Waals surface area contributed by atoms with Gasteiger partial charge in [0.05, 0.1) is 18.8 Å². The maximum Gasteiger partial charge on any atom is 0.237 e. The Kier molecular flexibility index (Phi) is 4.67. The Hall–Kier alpha value is -2.41. The fourth-order valence-electron chi connectivity index (χ4n) is 1.76. The normalized spacial score (nSPS) is 12.1. The van der Waals surface area contributed by atoms with Gasteiger partial charge in [0, 0.05) is 12.7 Å². The molecule has 0 saturated carbocycles. The number of hydrogen-bond acceptors (Lipinski definition) is 5. The number of nitrogens with zero attached hydrogens (tertiary/aromatic N) is 3. The summed E-state index contributed by atoms with van der Waals surface area (Å²) in [4.78, 5) is 11.8. The highest BCUT2D eigenvalue weighted by Gasteiger charge is 2.13. The molecule has 2 aromatic rings. The van der Waals surface area contributed by atoms with E-state index in [-0.39, 0.29) is 11.7 Å². The van der Waals surface area contributed by atoms with Crippen LogP contribution in [0.15, 0.2) is 36.7 Å². The average Bonchev–Trinajstić information content (AvgIpc) is 2.94. The zero-order valence-corrected chi connectivity index (χ0v) is 10.9. The van der Waals surface area contributed by atoms with Crippen LogP contribution in [-0.4, -0.2) is 38.6 Å². The van der Waals surface area contributed by atoms with Crippen molar-refractivity contribution in [3.8, 4) is 5.75 Å². The van der Waals surface area contributed by atoms with E-state index in [2.05, 4.69) is 15.6 Å². The topological polar surface area (TPSA) is 106 Å². The summed E-state index contributed by atoms with van der Waals surface area (Å²) in [7, 11) is 0. The number of benzene rings is 1. The van der Waals surface area contributed by atoms with Gasteiger partial charge in [-0.25, -0.2) is 0 Å². The maximum absolute atomic E-state index is 11.8. The minimum absolute atomic E-state index is 0.194. The van der Waals surface area contributed by atoms with Crippen molar-refractivity contribution in [2.75, 3.05) is 6.54 Å². The number of phenols is 1. The smallest absolute Gasteiger partial charge is 0.237 e. The number of rotatable bonds is 6. The van der Waals surface area contributed by atoms with Crippen LogP contribution in [-0.2, 0) is 17.8 Å². The van der Waals surface area contributed by atoms with Gasteiger partial charge in [-0.3, -0.25) is 9.48 Å². The van der Waals surface area contributed by atoms with Crippen LogP contribution in [0, 0.1) is 0 Å². The summed E-state index contributed by atoms with van der Waals surface area (Å²) in [5.41, 5.74) is 6.74. The number of aromatic hydroxyl groups is 1. The fraction of sp³-hybridized carbons (Fsp3) is 0.308. The predicted molar refractivity (Wildman–Crippen MR) is 72.8 cm³/mol. The van der Waals surface area contributed by atoms with Crippen LogP contribution in [0.5, 0.6) is 5.75 Å². The fourth-order valence-corrected chi connectivity index (χ4v) is 1.76. The number of aromatic nitrogens is 3. The van der Waals surface area contributed by atoms with Crippen molar-refractivity contribution in [3.05, 3.63) is 42.2 Å². The molecule has 1 atom stereocenters. The molecule has 106 valence electrons. The molecule has 0 aliphatic carbocycles. The molecule has 1 aromatic carbocycles. The highest BCUT2D eigenvalue weighted by atomic mass is 16.3. The number of nitrogens with two attached hydrogens (primary N) is 1. The van der Waals surface area contributed by atoms with Gasteiger partial charge in [-0.2, -0.15) is 0 Å². The number of hydrogen-bond donors (Lipinski definition) is 3. The Balaban J connectivity index is 1.75. The second-order valence-electron chi connectivity index (χ2n) is 4.43. The maximum atomic E-state index is 11.8. The van der Waals surface area contributed by atoms with Gasteiger partial charge in [0.1, 0.15) is 5.75 Å². The molecule has 0 fully saturated rings. The third-order valence-electron chi connectivity index (χ3n) is 2.84. The van der Waals surface area contributed by atoms with E-state index in [1.165, 1.54) is 0 Å². The van der Waals surface area contributed by atoms with E-state index in [1.54, 1.807) is 41.3 Å². The second kappa shape index (κ2) is 6.67. The number of carbonyl (C=O) groups excluding carboxylic acids is 1. The predicted octanol–water partition coefficient (Wildman–Crippen LogP) is -0.330. The highest BCUT2D eigenvalue weighted by Crippen LogP contribution is 2.10. The first-order chi connectivity index (χ1) is 9.65. The number of phenolic OH excluding ortho intramolecular Hbond substituents is 1. The number of amides is 1. The molecule has 0 aliphatic rings. The van der Waals surface area contributed by atoms with Crippen molar-refractivity contribution in [2.24, 2.45) is 5.73 Å². The SMILES string of the molecule is N[C@@H](Cc1ccc(O)cc1)C(=O)NCCn1ccnn1. The molecule has 0 aliphatic heterocycles. The van der Waals surface area contributed by atoms with Gasteiger partial charge in [-0.05, 0) is 24.1 Å². The quantitative estimate of drug-likeness (QED) is 0.669. The van der Waals surface area contributed by atoms with Crippen LogP contribution in [0.3, 0.4) is 0 Å². The third-order valence-corrected chi connectivity index (χ3v) is 2.84. The summed E-state index contributed by atoms with van der Waals surface area (Å²) in [5, 5.41) is 19.4. The van der Waals surface area contributed by atoms with E-state index in [4.69, 9.17) is 5.73 Å². The summed E-state index contributed by atoms with van der Waals surface area (Å²) < 4.78 is 1.63. The lowest BCUT2D eigenvalue weighted by molar-refractivity contribution is -0.122. The summed E-state index contributed by atoms with van der Waals surface area (Å²) in [6, 6.07) is 6.03. The largest absolute Gasteiger partial charge is 0.508 e. The van der Waals surface area contributed by atoms with E-state index < -0.39 is 6.04 Å². The molecule has 0 spiro atoms. The minimum Gasteiger partial charge on any atom is -0.508 e. The van der Waals surface area contributed by atoms with Crippen molar-refractivity contribution in [1.29, 1.82) is 0 Å². The standard InChI is InChI=1S/C13H17N5O2/c14-12(9-10-1-3-11(19)4-2-10)13(20)15-5-7-18-8-6-16-17-18/h1-4,6,8,12,19H,5,7,9,14H2,(H,15,20)/t12-/m0/s1. The van der Waals surface area contributed by atoms with E-state index in [9.17, 15) is 9.90 Å². The first-order valence-corrected chi connectivity index (χ1v) is 6.30. The molecule has 0 bridgehead atoms. The molecule has 1 aromatic heterocycles. The van der Waals surface area contributed by atoms with Gasteiger partial charge in [0.25, 0.3) is 0 Å². The van der Waals surface area contributed by atoms with E-state index in [1.807, 2.05) is 0 Å². The summed E-state index contributed by atoms with van der Waals surface area (Å²) >= 11 is 0. The Morgan fingerprint density at radius 2 is 2.15 bits per heavy atom. The molecule has 7 heteroatoms. The van der Waals surface area contributed by atoms with Gasteiger partial charge < -0.3 is 16.2 Å². The number of nitrogens with one attached hydrogen (secondary N) is 1. The zero-order chi connectivity index (χ0) is 14.4. The minimum atomic E-state index is -0.615. The van der Waals surface area contributed by atoms with Gasteiger partial charge in [-0.15, -0.1) is 5.10 Å². The van der Waals surface area contributed by atoms with Gasteiger partial charge >= 0.3 is 0 Å². The van der Waals surface area contributed by atoms with Crippen molar-refractivity contribution in [2.45, 2.75) is 19.0 Å². The van der Waals surface area contributed by atoms with Gasteiger partial charge in [0.15, 0.2) is 0 Å². The van der Waals surface area contributed by atoms with Crippen LogP contribution in [0.25, 0.3) is 0 Å². The summed E-state index contributed by atoms with van der Waals surface area (Å²) in [6.45, 7) is 1.00. The van der Waals surface area contributed by atoms with Crippen LogP contribution in [0.2, 0.25) is 0 Å². The lowest BCUT2D eigenvalue weighted by Gasteiger charge is -2.12. The average molecular weight is 275 g/mol. The molecular formula is C13H17N5O2. The van der Waals surface area contributed by atoms with Crippen LogP contribution in [0.1, 0.15) is 5.56 Å². The second-order valence-corrected chi connectivity index (χ2v) is 4.43. The first-order valence-electron chi connectivity index (χ1n) is 6.30. The molecular weight excluding hydrogens is 258 g/mol. The van der Waals surface area contributed by atoms with Crippen molar-refractivity contribution < 1.29 is 9.90 Å². The molecule has 0 radical (unpaired) electrons. The van der Waals surface area contributed by atoms with Crippen LogP contribution >= 0.6 is 0 Å². The van der Waals surface area contributed by atoms with Gasteiger partial charge in [-0.1, -0.05) is 17.3 Å². The summed E-state index contributed by atoms with van der Waals surface area (Å²) in [5.74, 6) is -0.0159. The van der Waals surface area contributed by atoms with Crippen molar-refractivity contribution in [3.63, 3.8) is 0 Å². The molecule has 2 rings (SSSR count). The van der Waals surface area contributed by atoms with E-state index in [0.717, 1.165) is 5.56 Å². The lowest BCUT2D eigenvalue weighted by Crippen LogP contribution is -2.43. The van der Waals surface area contributed by atoms with Crippen LogP contribution in [0.4, 0.5) is 0 Å².